The zero-order valence-corrected chi connectivity index (χ0v) is 16.1. The van der Waals surface area contributed by atoms with Crippen LogP contribution in [0.2, 0.25) is 0 Å². The van der Waals surface area contributed by atoms with E-state index in [4.69, 9.17) is 5.73 Å². The second-order valence-electron chi connectivity index (χ2n) is 6.16. The van der Waals surface area contributed by atoms with E-state index in [2.05, 4.69) is 27.4 Å². The number of thioether (sulfide) groups is 1. The Balaban J connectivity index is 1.72. The molecular formula is C15H20N6O3S2. The van der Waals surface area contributed by atoms with Crippen LogP contribution in [0.5, 0.6) is 0 Å². The maximum Gasteiger partial charge on any atom is 0.330 e. The van der Waals surface area contributed by atoms with Gasteiger partial charge in [-0.25, -0.2) is 4.79 Å². The van der Waals surface area contributed by atoms with Gasteiger partial charge in [-0.1, -0.05) is 30.0 Å². The molecule has 0 saturated heterocycles. The minimum Gasteiger partial charge on any atom is -0.384 e. The molecule has 140 valence electrons. The molecule has 0 spiro atoms. The van der Waals surface area contributed by atoms with Gasteiger partial charge in [0, 0.05) is 12.1 Å². The molecule has 2 heterocycles. The first-order chi connectivity index (χ1) is 12.4. The lowest BCUT2D eigenvalue weighted by atomic mass is 10.2. The smallest absolute Gasteiger partial charge is 0.330 e. The van der Waals surface area contributed by atoms with Gasteiger partial charge >= 0.3 is 5.69 Å². The lowest BCUT2D eigenvalue weighted by molar-refractivity contribution is 0.102. The SMILES string of the molecule is CC[C@H](C)Nc1nnc(SCC(=O)c2c(N)n(C3CC3)c(=O)[nH]c2=O)s1. The van der Waals surface area contributed by atoms with Crippen molar-refractivity contribution in [2.45, 2.75) is 49.5 Å². The van der Waals surface area contributed by atoms with Crippen LogP contribution in [0.4, 0.5) is 10.9 Å². The number of aromatic amines is 1. The number of carbonyl (C=O) groups excluding carboxylic acids is 1. The van der Waals surface area contributed by atoms with Gasteiger partial charge < -0.3 is 11.1 Å². The fraction of sp³-hybridized carbons (Fsp3) is 0.533. The maximum atomic E-state index is 12.5. The number of nitrogens with one attached hydrogen (secondary N) is 2. The maximum absolute atomic E-state index is 12.5. The average Bonchev–Trinajstić information content (AvgIpc) is 3.31. The third-order valence-corrected chi connectivity index (χ3v) is 6.08. The number of aromatic nitrogens is 4. The fourth-order valence-corrected chi connectivity index (χ4v) is 4.11. The number of anilines is 2. The van der Waals surface area contributed by atoms with Crippen molar-refractivity contribution in [3.05, 3.63) is 26.4 Å². The molecule has 1 aliphatic carbocycles. The second-order valence-corrected chi connectivity index (χ2v) is 8.36. The summed E-state index contributed by atoms with van der Waals surface area (Å²) in [6.07, 6.45) is 2.59. The molecule has 4 N–H and O–H groups in total. The van der Waals surface area contributed by atoms with Crippen LogP contribution in [-0.4, -0.2) is 37.3 Å². The Morgan fingerprint density at radius 1 is 1.46 bits per heavy atom. The molecule has 2 aromatic rings. The molecular weight excluding hydrogens is 376 g/mol. The van der Waals surface area contributed by atoms with Gasteiger partial charge in [-0.3, -0.25) is 19.1 Å². The normalized spacial score (nSPS) is 15.0. The van der Waals surface area contributed by atoms with Crippen molar-refractivity contribution in [2.24, 2.45) is 0 Å². The molecule has 0 aliphatic heterocycles. The molecule has 9 nitrogen and oxygen atoms in total. The van der Waals surface area contributed by atoms with Crippen LogP contribution in [0.1, 0.15) is 49.5 Å². The Hall–Kier alpha value is -2.14. The van der Waals surface area contributed by atoms with Crippen molar-refractivity contribution < 1.29 is 4.79 Å². The van der Waals surface area contributed by atoms with E-state index in [-0.39, 0.29) is 29.2 Å². The summed E-state index contributed by atoms with van der Waals surface area (Å²) < 4.78 is 1.92. The molecule has 2 aromatic heterocycles. The first-order valence-electron chi connectivity index (χ1n) is 8.31. The van der Waals surface area contributed by atoms with Crippen molar-refractivity contribution in [1.82, 2.24) is 19.7 Å². The number of nitrogen functional groups attached to an aromatic ring is 1. The molecule has 0 aromatic carbocycles. The van der Waals surface area contributed by atoms with Crippen molar-refractivity contribution in [3.63, 3.8) is 0 Å². The quantitative estimate of drug-likeness (QED) is 0.451. The van der Waals surface area contributed by atoms with E-state index in [0.29, 0.717) is 9.47 Å². The van der Waals surface area contributed by atoms with Crippen LogP contribution < -0.4 is 22.3 Å². The predicted octanol–water partition coefficient (Wildman–Crippen LogP) is 1.49. The van der Waals surface area contributed by atoms with Gasteiger partial charge in [-0.15, -0.1) is 10.2 Å². The molecule has 0 unspecified atom stereocenters. The van der Waals surface area contributed by atoms with Gasteiger partial charge in [0.1, 0.15) is 11.4 Å². The summed E-state index contributed by atoms with van der Waals surface area (Å²) in [5.74, 6) is -0.494. The van der Waals surface area contributed by atoms with Crippen LogP contribution in [0.25, 0.3) is 0 Å². The minimum absolute atomic E-state index is 0.00584. The van der Waals surface area contributed by atoms with Gasteiger partial charge in [0.15, 0.2) is 10.1 Å². The lowest BCUT2D eigenvalue weighted by Crippen LogP contribution is -2.36. The number of carbonyl (C=O) groups is 1. The Bertz CT molecular complexity index is 930. The highest BCUT2D eigenvalue weighted by molar-refractivity contribution is 8.01. The first kappa shape index (κ1) is 18.6. The van der Waals surface area contributed by atoms with E-state index >= 15 is 0 Å². The van der Waals surface area contributed by atoms with Gasteiger partial charge in [0.05, 0.1) is 5.75 Å². The molecule has 1 atom stereocenters. The highest BCUT2D eigenvalue weighted by atomic mass is 32.2. The highest BCUT2D eigenvalue weighted by Gasteiger charge is 2.30. The zero-order valence-electron chi connectivity index (χ0n) is 14.4. The van der Waals surface area contributed by atoms with Crippen LogP contribution in [-0.2, 0) is 0 Å². The number of rotatable bonds is 8. The molecule has 0 amide bonds. The minimum atomic E-state index is -0.744. The number of nitrogens with zero attached hydrogens (tertiary/aromatic N) is 3. The predicted molar refractivity (Wildman–Crippen MR) is 102 cm³/mol. The van der Waals surface area contributed by atoms with E-state index in [1.54, 1.807) is 0 Å². The van der Waals surface area contributed by atoms with Crippen LogP contribution in [0, 0.1) is 0 Å². The van der Waals surface area contributed by atoms with Crippen LogP contribution in [0.15, 0.2) is 13.9 Å². The molecule has 26 heavy (non-hydrogen) atoms. The van der Waals surface area contributed by atoms with Gasteiger partial charge in [0.2, 0.25) is 5.13 Å². The Morgan fingerprint density at radius 3 is 2.85 bits per heavy atom. The Morgan fingerprint density at radius 2 is 2.19 bits per heavy atom. The summed E-state index contributed by atoms with van der Waals surface area (Å²) in [5.41, 5.74) is 4.48. The number of H-pyrrole nitrogens is 1. The van der Waals surface area contributed by atoms with E-state index in [1.807, 2.05) is 6.92 Å². The number of hydrogen-bond acceptors (Lipinski definition) is 9. The lowest BCUT2D eigenvalue weighted by Gasteiger charge is -2.10. The number of nitrogens with two attached hydrogens (primary N) is 1. The third kappa shape index (κ3) is 3.98. The van der Waals surface area contributed by atoms with E-state index in [0.717, 1.165) is 19.3 Å². The summed E-state index contributed by atoms with van der Waals surface area (Å²) in [5, 5.41) is 12.0. The monoisotopic (exact) mass is 396 g/mol. The van der Waals surface area contributed by atoms with Gasteiger partial charge in [0.25, 0.3) is 5.56 Å². The van der Waals surface area contributed by atoms with E-state index in [1.165, 1.54) is 27.7 Å². The highest BCUT2D eigenvalue weighted by Crippen LogP contribution is 2.35. The van der Waals surface area contributed by atoms with Gasteiger partial charge in [-0.2, -0.15) is 0 Å². The van der Waals surface area contributed by atoms with Crippen molar-refractivity contribution in [2.75, 3.05) is 16.8 Å². The standard InChI is InChI=1S/C15H20N6O3S2/c1-3-7(2)17-13-19-20-15(26-13)25-6-9(22)10-11(16)21(8-4-5-8)14(24)18-12(10)23/h7-8H,3-6,16H2,1-2H3,(H,17,19)(H,18,23,24)/t7-/m0/s1. The number of ketones is 1. The molecule has 1 aliphatic rings. The summed E-state index contributed by atoms with van der Waals surface area (Å²) >= 11 is 2.54. The van der Waals surface area contributed by atoms with E-state index in [9.17, 15) is 14.4 Å². The molecule has 0 radical (unpaired) electrons. The largest absolute Gasteiger partial charge is 0.384 e. The second kappa shape index (κ2) is 7.62. The zero-order chi connectivity index (χ0) is 18.8. The first-order valence-corrected chi connectivity index (χ1v) is 10.1. The van der Waals surface area contributed by atoms with Crippen molar-refractivity contribution in [1.29, 1.82) is 0 Å². The van der Waals surface area contributed by atoms with Crippen molar-refractivity contribution in [3.8, 4) is 0 Å². The van der Waals surface area contributed by atoms with Crippen LogP contribution >= 0.6 is 23.1 Å². The Labute approximate surface area is 157 Å². The topological polar surface area (TPSA) is 136 Å². The molecule has 1 fully saturated rings. The summed E-state index contributed by atoms with van der Waals surface area (Å²) in [6.45, 7) is 4.11. The summed E-state index contributed by atoms with van der Waals surface area (Å²) in [6, 6.07) is 0.250. The average molecular weight is 396 g/mol. The number of Topliss-reactive ketones (excluding diaryl/α,β-unsaturated/α-hetero) is 1. The van der Waals surface area contributed by atoms with E-state index < -0.39 is 17.0 Å². The summed E-state index contributed by atoms with van der Waals surface area (Å²) in [7, 11) is 0. The Kier molecular flexibility index (Phi) is 5.47. The number of hydrogen-bond donors (Lipinski definition) is 3. The summed E-state index contributed by atoms with van der Waals surface area (Å²) in [4.78, 5) is 38.6. The molecule has 1 saturated carbocycles. The van der Waals surface area contributed by atoms with Crippen molar-refractivity contribution >= 4 is 39.8 Å². The van der Waals surface area contributed by atoms with Crippen LogP contribution in [0.3, 0.4) is 0 Å². The third-order valence-electron chi connectivity index (χ3n) is 4.09. The molecule has 3 rings (SSSR count). The van der Waals surface area contributed by atoms with Gasteiger partial charge in [-0.05, 0) is 26.2 Å². The fourth-order valence-electron chi connectivity index (χ4n) is 2.37. The molecule has 11 heteroatoms. The molecule has 0 bridgehead atoms.